The summed E-state index contributed by atoms with van der Waals surface area (Å²) in [5.74, 6) is 0.440. The first-order chi connectivity index (χ1) is 9.11. The van der Waals surface area contributed by atoms with E-state index < -0.39 is 0 Å². The van der Waals surface area contributed by atoms with E-state index in [1.54, 1.807) is 24.3 Å². The van der Waals surface area contributed by atoms with Gasteiger partial charge in [0, 0.05) is 17.6 Å². The normalized spacial score (nSPS) is 22.2. The van der Waals surface area contributed by atoms with Gasteiger partial charge < -0.3 is 20.6 Å². The molecule has 0 bridgehead atoms. The number of hydrogen-bond acceptors (Lipinski definition) is 4. The second-order valence-corrected chi connectivity index (χ2v) is 5.11. The molecule has 4 N–H and O–H groups in total. The Morgan fingerprint density at radius 1 is 1.42 bits per heavy atom. The molecule has 1 saturated carbocycles. The number of hydrogen-bond donors (Lipinski definition) is 3. The molecule has 3 rings (SSSR count). The van der Waals surface area contributed by atoms with Crippen LogP contribution in [0.15, 0.2) is 28.7 Å². The zero-order valence-corrected chi connectivity index (χ0v) is 10.4. The van der Waals surface area contributed by atoms with E-state index in [-0.39, 0.29) is 12.0 Å². The molecule has 5 heteroatoms. The largest absolute Gasteiger partial charge is 0.451 e. The highest BCUT2D eigenvalue weighted by Crippen LogP contribution is 2.26. The molecule has 1 aliphatic rings. The van der Waals surface area contributed by atoms with Crippen molar-refractivity contribution >= 4 is 22.6 Å². The number of anilines is 1. The van der Waals surface area contributed by atoms with Crippen LogP contribution in [0.2, 0.25) is 0 Å². The molecule has 0 unspecified atom stereocenters. The van der Waals surface area contributed by atoms with E-state index in [4.69, 9.17) is 10.2 Å². The van der Waals surface area contributed by atoms with E-state index in [2.05, 4.69) is 5.32 Å². The van der Waals surface area contributed by atoms with Crippen molar-refractivity contribution in [2.75, 3.05) is 12.3 Å². The predicted molar refractivity (Wildman–Crippen MR) is 71.7 cm³/mol. The molecule has 1 aromatic heterocycles. The second-order valence-electron chi connectivity index (χ2n) is 5.11. The Morgan fingerprint density at radius 3 is 2.95 bits per heavy atom. The van der Waals surface area contributed by atoms with Gasteiger partial charge in [-0.15, -0.1) is 0 Å². The van der Waals surface area contributed by atoms with Crippen molar-refractivity contribution in [3.8, 4) is 0 Å². The van der Waals surface area contributed by atoms with Gasteiger partial charge in [0.05, 0.1) is 6.10 Å². The number of nitrogens with two attached hydrogens (primary N) is 1. The van der Waals surface area contributed by atoms with Gasteiger partial charge in [-0.25, -0.2) is 0 Å². The molecule has 1 aliphatic carbocycles. The lowest BCUT2D eigenvalue weighted by Gasteiger charge is -2.31. The highest BCUT2D eigenvalue weighted by Gasteiger charge is 2.27. The van der Waals surface area contributed by atoms with Crippen LogP contribution < -0.4 is 11.1 Å². The van der Waals surface area contributed by atoms with Gasteiger partial charge in [0.1, 0.15) is 5.58 Å². The first kappa shape index (κ1) is 12.0. The SMILES string of the molecule is Nc1ccc2oc(C(=O)NCC3CC(O)C3)cc2c1. The Morgan fingerprint density at radius 2 is 2.21 bits per heavy atom. The lowest BCUT2D eigenvalue weighted by Crippen LogP contribution is -2.38. The van der Waals surface area contributed by atoms with Crippen molar-refractivity contribution < 1.29 is 14.3 Å². The molecule has 0 spiro atoms. The number of fused-ring (bicyclic) bond motifs is 1. The minimum atomic E-state index is -0.226. The van der Waals surface area contributed by atoms with Crippen LogP contribution in [0, 0.1) is 5.92 Å². The molecule has 0 aliphatic heterocycles. The summed E-state index contributed by atoms with van der Waals surface area (Å²) in [5.41, 5.74) is 6.97. The van der Waals surface area contributed by atoms with Gasteiger partial charge in [0.2, 0.25) is 0 Å². The molecule has 1 amide bonds. The van der Waals surface area contributed by atoms with Crippen molar-refractivity contribution in [2.45, 2.75) is 18.9 Å². The third kappa shape index (κ3) is 2.42. The predicted octanol–water partition coefficient (Wildman–Crippen LogP) is 1.52. The van der Waals surface area contributed by atoms with Gasteiger partial charge in [0.25, 0.3) is 5.91 Å². The highest BCUT2D eigenvalue weighted by molar-refractivity contribution is 5.96. The summed E-state index contributed by atoms with van der Waals surface area (Å²) in [6.45, 7) is 0.578. The molecule has 0 saturated heterocycles. The first-order valence-corrected chi connectivity index (χ1v) is 6.37. The molecule has 19 heavy (non-hydrogen) atoms. The second kappa shape index (κ2) is 4.59. The monoisotopic (exact) mass is 260 g/mol. The summed E-state index contributed by atoms with van der Waals surface area (Å²) in [5, 5.41) is 12.8. The Bertz CT molecular complexity index is 614. The average molecular weight is 260 g/mol. The maximum absolute atomic E-state index is 11.9. The third-order valence-electron chi connectivity index (χ3n) is 3.53. The molecule has 2 aromatic rings. The van der Waals surface area contributed by atoms with E-state index in [1.165, 1.54) is 0 Å². The van der Waals surface area contributed by atoms with Crippen molar-refractivity contribution in [2.24, 2.45) is 5.92 Å². The lowest BCUT2D eigenvalue weighted by molar-refractivity contribution is 0.0418. The molecule has 0 radical (unpaired) electrons. The lowest BCUT2D eigenvalue weighted by atomic mass is 9.82. The fraction of sp³-hybridized carbons (Fsp3) is 0.357. The number of benzene rings is 1. The summed E-state index contributed by atoms with van der Waals surface area (Å²) < 4.78 is 5.47. The van der Waals surface area contributed by atoms with Crippen LogP contribution in [0.25, 0.3) is 11.0 Å². The highest BCUT2D eigenvalue weighted by atomic mass is 16.3. The van der Waals surface area contributed by atoms with Crippen LogP contribution in [0.5, 0.6) is 0 Å². The Balaban J connectivity index is 1.67. The van der Waals surface area contributed by atoms with E-state index in [9.17, 15) is 9.90 Å². The summed E-state index contributed by atoms with van der Waals surface area (Å²) in [6.07, 6.45) is 1.32. The summed E-state index contributed by atoms with van der Waals surface area (Å²) >= 11 is 0. The van der Waals surface area contributed by atoms with Gasteiger partial charge in [-0.05, 0) is 43.0 Å². The van der Waals surface area contributed by atoms with E-state index in [1.807, 2.05) is 0 Å². The number of furan rings is 1. The molecule has 1 fully saturated rings. The van der Waals surface area contributed by atoms with Crippen molar-refractivity contribution in [1.82, 2.24) is 5.32 Å². The summed E-state index contributed by atoms with van der Waals surface area (Å²) in [4.78, 5) is 11.9. The Hall–Kier alpha value is -2.01. The zero-order chi connectivity index (χ0) is 13.4. The molecular formula is C14H16N2O3. The molecule has 1 heterocycles. The number of aliphatic hydroxyl groups is 1. The molecule has 100 valence electrons. The quantitative estimate of drug-likeness (QED) is 0.730. The van der Waals surface area contributed by atoms with Gasteiger partial charge in [-0.3, -0.25) is 4.79 Å². The number of aliphatic hydroxyl groups excluding tert-OH is 1. The van der Waals surface area contributed by atoms with Gasteiger partial charge in [-0.2, -0.15) is 0 Å². The molecule has 0 atom stereocenters. The van der Waals surface area contributed by atoms with E-state index in [0.29, 0.717) is 29.5 Å². The fourth-order valence-corrected chi connectivity index (χ4v) is 2.37. The van der Waals surface area contributed by atoms with Crippen LogP contribution in [0.4, 0.5) is 5.69 Å². The Kier molecular flexibility index (Phi) is 2.91. The van der Waals surface area contributed by atoms with Gasteiger partial charge in [-0.1, -0.05) is 0 Å². The minimum absolute atomic E-state index is 0.198. The fourth-order valence-electron chi connectivity index (χ4n) is 2.37. The van der Waals surface area contributed by atoms with Crippen molar-refractivity contribution in [3.63, 3.8) is 0 Å². The van der Waals surface area contributed by atoms with Crippen LogP contribution in [-0.4, -0.2) is 23.7 Å². The minimum Gasteiger partial charge on any atom is -0.451 e. The standard InChI is InChI=1S/C14H16N2O3/c15-10-1-2-12-9(5-10)6-13(19-12)14(18)16-7-8-3-11(17)4-8/h1-2,5-6,8,11,17H,3-4,7,15H2,(H,16,18). The van der Waals surface area contributed by atoms with Gasteiger partial charge in [0.15, 0.2) is 5.76 Å². The van der Waals surface area contributed by atoms with Crippen molar-refractivity contribution in [1.29, 1.82) is 0 Å². The summed E-state index contributed by atoms with van der Waals surface area (Å²) in [7, 11) is 0. The first-order valence-electron chi connectivity index (χ1n) is 6.37. The third-order valence-corrected chi connectivity index (χ3v) is 3.53. The molecule has 1 aromatic carbocycles. The van der Waals surface area contributed by atoms with Crippen molar-refractivity contribution in [3.05, 3.63) is 30.0 Å². The van der Waals surface area contributed by atoms with Gasteiger partial charge >= 0.3 is 0 Å². The topological polar surface area (TPSA) is 88.5 Å². The Labute approximate surface area is 110 Å². The summed E-state index contributed by atoms with van der Waals surface area (Å²) in [6, 6.07) is 6.96. The van der Waals surface area contributed by atoms with Crippen LogP contribution >= 0.6 is 0 Å². The zero-order valence-electron chi connectivity index (χ0n) is 10.4. The van der Waals surface area contributed by atoms with Crippen LogP contribution in [-0.2, 0) is 0 Å². The van der Waals surface area contributed by atoms with E-state index in [0.717, 1.165) is 18.2 Å². The number of carbonyl (C=O) groups excluding carboxylic acids is 1. The maximum Gasteiger partial charge on any atom is 0.287 e. The number of amides is 1. The van der Waals surface area contributed by atoms with E-state index >= 15 is 0 Å². The number of carbonyl (C=O) groups is 1. The number of rotatable bonds is 3. The molecular weight excluding hydrogens is 244 g/mol. The maximum atomic E-state index is 11.9. The number of nitrogens with one attached hydrogen (secondary N) is 1. The average Bonchev–Trinajstić information content (AvgIpc) is 2.75. The van der Waals surface area contributed by atoms with Crippen LogP contribution in [0.1, 0.15) is 23.4 Å². The van der Waals surface area contributed by atoms with Crippen LogP contribution in [0.3, 0.4) is 0 Å². The smallest absolute Gasteiger partial charge is 0.287 e. The number of nitrogen functional groups attached to an aromatic ring is 1. The molecule has 5 nitrogen and oxygen atoms in total.